The Morgan fingerprint density at radius 2 is 1.76 bits per heavy atom. The molecule has 33 heavy (non-hydrogen) atoms. The summed E-state index contributed by atoms with van der Waals surface area (Å²) >= 11 is 0. The van der Waals surface area contributed by atoms with Crippen LogP contribution >= 0.6 is 0 Å². The summed E-state index contributed by atoms with van der Waals surface area (Å²) in [6.07, 6.45) is 0.196. The maximum absolute atomic E-state index is 13.6. The van der Waals surface area contributed by atoms with Crippen LogP contribution in [0.1, 0.15) is 51.2 Å². The van der Waals surface area contributed by atoms with Crippen LogP contribution in [0.2, 0.25) is 0 Å². The predicted molar refractivity (Wildman–Crippen MR) is 125 cm³/mol. The van der Waals surface area contributed by atoms with Gasteiger partial charge in [-0.3, -0.25) is 0 Å². The van der Waals surface area contributed by atoms with Crippen molar-refractivity contribution < 1.29 is 17.9 Å². The van der Waals surface area contributed by atoms with Gasteiger partial charge in [0.15, 0.2) is 0 Å². The molecule has 3 rings (SSSR count). The number of aromatic nitrogens is 2. The molecule has 0 bridgehead atoms. The molecular weight excluding hydrogens is 429 g/mol. The van der Waals surface area contributed by atoms with Crippen molar-refractivity contribution in [3.8, 4) is 5.75 Å². The Balaban J connectivity index is 1.83. The van der Waals surface area contributed by atoms with E-state index in [4.69, 9.17) is 4.74 Å². The van der Waals surface area contributed by atoms with E-state index in [9.17, 15) is 13.2 Å². The third kappa shape index (κ3) is 7.10. The SMILES string of the molecule is CCCCc1ccc(Nc2ncc(C(F)(F)F)c(Nc3cccc(OC(C)CC)c3)n2)cc1. The monoisotopic (exact) mass is 458 g/mol. The lowest BCUT2D eigenvalue weighted by molar-refractivity contribution is -0.137. The van der Waals surface area contributed by atoms with Crippen LogP contribution in [0.25, 0.3) is 0 Å². The van der Waals surface area contributed by atoms with Gasteiger partial charge in [0.1, 0.15) is 17.1 Å². The fourth-order valence-corrected chi connectivity index (χ4v) is 3.11. The number of nitrogens with one attached hydrogen (secondary N) is 2. The number of unbranched alkanes of at least 4 members (excludes halogenated alkanes) is 1. The van der Waals surface area contributed by atoms with Crippen LogP contribution in [0.5, 0.6) is 5.75 Å². The molecule has 3 aromatic rings. The molecule has 0 aliphatic rings. The lowest BCUT2D eigenvalue weighted by atomic mass is 10.1. The highest BCUT2D eigenvalue weighted by atomic mass is 19.4. The van der Waals surface area contributed by atoms with Gasteiger partial charge in [-0.1, -0.05) is 38.5 Å². The molecule has 0 fully saturated rings. The number of anilines is 4. The maximum atomic E-state index is 13.6. The van der Waals surface area contributed by atoms with Crippen molar-refractivity contribution in [2.24, 2.45) is 0 Å². The van der Waals surface area contributed by atoms with Crippen LogP contribution in [0.4, 0.5) is 36.3 Å². The Kier molecular flexibility index (Phi) is 8.14. The second-order valence-electron chi connectivity index (χ2n) is 7.87. The van der Waals surface area contributed by atoms with Gasteiger partial charge in [0.05, 0.1) is 6.10 Å². The number of aryl methyl sites for hydroxylation is 1. The first kappa shape index (κ1) is 24.4. The minimum absolute atomic E-state index is 0.00537. The molecule has 1 atom stereocenters. The van der Waals surface area contributed by atoms with E-state index in [1.807, 2.05) is 38.1 Å². The van der Waals surface area contributed by atoms with Gasteiger partial charge >= 0.3 is 6.18 Å². The summed E-state index contributed by atoms with van der Waals surface area (Å²) in [6.45, 7) is 6.07. The van der Waals surface area contributed by atoms with Crippen LogP contribution in [0.15, 0.2) is 54.7 Å². The lowest BCUT2D eigenvalue weighted by Crippen LogP contribution is -2.13. The number of halogens is 3. The molecule has 0 spiro atoms. The van der Waals surface area contributed by atoms with Crippen molar-refractivity contribution in [2.75, 3.05) is 10.6 Å². The quantitative estimate of drug-likeness (QED) is 0.329. The number of hydrogen-bond donors (Lipinski definition) is 2. The highest BCUT2D eigenvalue weighted by Crippen LogP contribution is 2.35. The third-order valence-corrected chi connectivity index (χ3v) is 5.13. The van der Waals surface area contributed by atoms with Crippen LogP contribution in [0.3, 0.4) is 0 Å². The second kappa shape index (κ2) is 11.0. The fourth-order valence-electron chi connectivity index (χ4n) is 3.11. The summed E-state index contributed by atoms with van der Waals surface area (Å²) in [7, 11) is 0. The average molecular weight is 459 g/mol. The van der Waals surface area contributed by atoms with Gasteiger partial charge in [0.2, 0.25) is 5.95 Å². The Labute approximate surface area is 192 Å². The molecule has 1 aromatic heterocycles. The summed E-state index contributed by atoms with van der Waals surface area (Å²) in [4.78, 5) is 7.99. The molecule has 1 heterocycles. The molecule has 0 aliphatic carbocycles. The number of nitrogens with zero attached hydrogens (tertiary/aromatic N) is 2. The molecule has 5 nitrogen and oxygen atoms in total. The molecule has 8 heteroatoms. The molecule has 0 amide bonds. The van der Waals surface area contributed by atoms with Gasteiger partial charge in [-0.15, -0.1) is 0 Å². The Hall–Kier alpha value is -3.29. The molecule has 176 valence electrons. The van der Waals surface area contributed by atoms with Crippen molar-refractivity contribution in [1.82, 2.24) is 9.97 Å². The maximum Gasteiger partial charge on any atom is 0.421 e. The number of alkyl halides is 3. The third-order valence-electron chi connectivity index (χ3n) is 5.13. The predicted octanol–water partition coefficient (Wildman–Crippen LogP) is 7.50. The zero-order chi connectivity index (χ0) is 23.8. The molecular formula is C25H29F3N4O. The zero-order valence-corrected chi connectivity index (χ0v) is 19.0. The molecule has 0 radical (unpaired) electrons. The number of rotatable bonds is 10. The molecule has 0 saturated heterocycles. The molecule has 0 saturated carbocycles. The summed E-state index contributed by atoms with van der Waals surface area (Å²) in [6, 6.07) is 14.5. The fraction of sp³-hybridized carbons (Fsp3) is 0.360. The number of benzene rings is 2. The standard InChI is InChI=1S/C25H29F3N4O/c1-4-6-8-18-11-13-19(14-12-18)31-24-29-16-22(25(26,27)28)23(32-24)30-20-9-7-10-21(15-20)33-17(3)5-2/h7,9-17H,4-6,8H2,1-3H3,(H2,29,30,31,32). The van der Waals surface area contributed by atoms with Gasteiger partial charge < -0.3 is 15.4 Å². The van der Waals surface area contributed by atoms with Crippen LogP contribution in [-0.4, -0.2) is 16.1 Å². The van der Waals surface area contributed by atoms with Crippen molar-refractivity contribution in [3.63, 3.8) is 0 Å². The first-order chi connectivity index (χ1) is 15.8. The summed E-state index contributed by atoms with van der Waals surface area (Å²) in [5.74, 6) is 0.303. The minimum Gasteiger partial charge on any atom is -0.491 e. The smallest absolute Gasteiger partial charge is 0.421 e. The van der Waals surface area contributed by atoms with Crippen molar-refractivity contribution in [3.05, 3.63) is 65.9 Å². The highest BCUT2D eigenvalue weighted by Gasteiger charge is 2.35. The number of ether oxygens (including phenoxy) is 1. The van der Waals surface area contributed by atoms with Gasteiger partial charge in [-0.05, 0) is 56.0 Å². The van der Waals surface area contributed by atoms with Crippen molar-refractivity contribution in [1.29, 1.82) is 0 Å². The van der Waals surface area contributed by atoms with Gasteiger partial charge in [0, 0.05) is 23.6 Å². The molecule has 2 aromatic carbocycles. The first-order valence-electron chi connectivity index (χ1n) is 11.1. The average Bonchev–Trinajstić information content (AvgIpc) is 2.78. The Morgan fingerprint density at radius 3 is 2.42 bits per heavy atom. The Bertz CT molecular complexity index is 1040. The van der Waals surface area contributed by atoms with Crippen LogP contribution in [-0.2, 0) is 12.6 Å². The largest absolute Gasteiger partial charge is 0.491 e. The van der Waals surface area contributed by atoms with Gasteiger partial charge in [0.25, 0.3) is 0 Å². The van der Waals surface area contributed by atoms with E-state index < -0.39 is 11.7 Å². The van der Waals surface area contributed by atoms with E-state index in [1.54, 1.807) is 24.3 Å². The van der Waals surface area contributed by atoms with Crippen molar-refractivity contribution >= 4 is 23.1 Å². The van der Waals surface area contributed by atoms with Gasteiger partial charge in [-0.25, -0.2) is 4.98 Å². The van der Waals surface area contributed by atoms with E-state index in [-0.39, 0.29) is 17.9 Å². The van der Waals surface area contributed by atoms with Crippen LogP contribution < -0.4 is 15.4 Å². The Morgan fingerprint density at radius 1 is 1.00 bits per heavy atom. The second-order valence-corrected chi connectivity index (χ2v) is 7.87. The zero-order valence-electron chi connectivity index (χ0n) is 19.0. The summed E-state index contributed by atoms with van der Waals surface area (Å²) < 4.78 is 46.5. The summed E-state index contributed by atoms with van der Waals surface area (Å²) in [5, 5.41) is 5.76. The van der Waals surface area contributed by atoms with Crippen LogP contribution in [0, 0.1) is 0 Å². The minimum atomic E-state index is -4.60. The molecule has 2 N–H and O–H groups in total. The van der Waals surface area contributed by atoms with E-state index in [2.05, 4.69) is 27.5 Å². The topological polar surface area (TPSA) is 59.1 Å². The summed E-state index contributed by atoms with van der Waals surface area (Å²) in [5.41, 5.74) is 1.39. The van der Waals surface area contributed by atoms with Gasteiger partial charge in [-0.2, -0.15) is 18.2 Å². The van der Waals surface area contributed by atoms with E-state index in [1.165, 1.54) is 5.56 Å². The highest BCUT2D eigenvalue weighted by molar-refractivity contribution is 5.64. The van der Waals surface area contributed by atoms with E-state index in [0.29, 0.717) is 17.1 Å². The van der Waals surface area contributed by atoms with E-state index >= 15 is 0 Å². The number of hydrogen-bond acceptors (Lipinski definition) is 5. The normalized spacial score (nSPS) is 12.3. The molecule has 1 unspecified atom stereocenters. The molecule has 0 aliphatic heterocycles. The lowest BCUT2D eigenvalue weighted by Gasteiger charge is -2.16. The van der Waals surface area contributed by atoms with E-state index in [0.717, 1.165) is 31.9 Å². The first-order valence-corrected chi connectivity index (χ1v) is 11.1. The van der Waals surface area contributed by atoms with Crippen molar-refractivity contribution in [2.45, 2.75) is 58.7 Å².